The summed E-state index contributed by atoms with van der Waals surface area (Å²) in [5, 5.41) is 1.23. The van der Waals surface area contributed by atoms with Gasteiger partial charge in [0.05, 0.1) is 17.3 Å². The lowest BCUT2D eigenvalue weighted by Crippen LogP contribution is -2.21. The molecule has 0 aliphatic carbocycles. The molecule has 4 heteroatoms. The summed E-state index contributed by atoms with van der Waals surface area (Å²) in [6.07, 6.45) is 1.01. The van der Waals surface area contributed by atoms with Crippen LogP contribution < -0.4 is 0 Å². The van der Waals surface area contributed by atoms with Crippen LogP contribution in [0, 0.1) is 6.92 Å². The van der Waals surface area contributed by atoms with E-state index in [-0.39, 0.29) is 0 Å². The Hall–Kier alpha value is -1.23. The molecule has 0 radical (unpaired) electrons. The molecule has 1 atom stereocenters. The Labute approximate surface area is 138 Å². The maximum Gasteiger partial charge on any atom is 0.0928 e. The van der Waals surface area contributed by atoms with Gasteiger partial charge in [-0.1, -0.05) is 31.2 Å². The zero-order valence-corrected chi connectivity index (χ0v) is 15.0. The van der Waals surface area contributed by atoms with Crippen LogP contribution in [0.25, 0.3) is 0 Å². The van der Waals surface area contributed by atoms with Gasteiger partial charge in [0.1, 0.15) is 0 Å². The SMILES string of the molecule is CCc1nc(C)c(C(C)N(C)Cc2cccc(COC)c2)s1. The smallest absolute Gasteiger partial charge is 0.0928 e. The summed E-state index contributed by atoms with van der Waals surface area (Å²) in [6, 6.07) is 9.00. The standard InChI is InChI=1S/C18H26N2OS/c1-6-17-19-13(2)18(22-17)14(3)20(4)11-15-8-7-9-16(10-15)12-21-5/h7-10,14H,6,11-12H2,1-5H3. The van der Waals surface area contributed by atoms with Gasteiger partial charge in [-0.2, -0.15) is 0 Å². The van der Waals surface area contributed by atoms with E-state index in [0.717, 1.165) is 13.0 Å². The number of thiazole rings is 1. The summed E-state index contributed by atoms with van der Waals surface area (Å²) in [6.45, 7) is 8.14. The predicted octanol–water partition coefficient (Wildman–Crippen LogP) is 4.35. The molecule has 0 fully saturated rings. The maximum absolute atomic E-state index is 5.22. The van der Waals surface area contributed by atoms with Crippen molar-refractivity contribution in [2.45, 2.75) is 46.4 Å². The summed E-state index contributed by atoms with van der Waals surface area (Å²) in [5.41, 5.74) is 3.72. The number of nitrogens with zero attached hydrogens (tertiary/aromatic N) is 2. The van der Waals surface area contributed by atoms with E-state index in [1.807, 2.05) is 11.3 Å². The Kier molecular flexibility index (Phi) is 6.12. The van der Waals surface area contributed by atoms with Crippen LogP contribution in [-0.2, 0) is 24.3 Å². The molecule has 2 aromatic rings. The van der Waals surface area contributed by atoms with E-state index < -0.39 is 0 Å². The maximum atomic E-state index is 5.22. The molecule has 0 spiro atoms. The first kappa shape index (κ1) is 17.1. The second-order valence-electron chi connectivity index (χ2n) is 5.75. The second kappa shape index (κ2) is 7.86. The second-order valence-corrected chi connectivity index (χ2v) is 6.87. The lowest BCUT2D eigenvalue weighted by atomic mass is 10.1. The Morgan fingerprint density at radius 1 is 1.32 bits per heavy atom. The quantitative estimate of drug-likeness (QED) is 0.759. The third kappa shape index (κ3) is 4.15. The van der Waals surface area contributed by atoms with E-state index in [1.54, 1.807) is 7.11 Å². The number of hydrogen-bond acceptors (Lipinski definition) is 4. The van der Waals surface area contributed by atoms with E-state index in [2.05, 4.69) is 62.0 Å². The molecule has 1 unspecified atom stereocenters. The van der Waals surface area contributed by atoms with Crippen molar-refractivity contribution in [2.24, 2.45) is 0 Å². The molecule has 1 aromatic carbocycles. The lowest BCUT2D eigenvalue weighted by Gasteiger charge is -2.24. The van der Waals surface area contributed by atoms with E-state index in [0.29, 0.717) is 12.6 Å². The predicted molar refractivity (Wildman–Crippen MR) is 93.3 cm³/mol. The first-order chi connectivity index (χ1) is 10.5. The number of aryl methyl sites for hydroxylation is 2. The van der Waals surface area contributed by atoms with Gasteiger partial charge < -0.3 is 4.74 Å². The molecule has 0 aliphatic rings. The van der Waals surface area contributed by atoms with Crippen LogP contribution in [0.2, 0.25) is 0 Å². The summed E-state index contributed by atoms with van der Waals surface area (Å²) in [5.74, 6) is 0. The molecule has 3 nitrogen and oxygen atoms in total. The fourth-order valence-corrected chi connectivity index (χ4v) is 3.74. The number of ether oxygens (including phenoxy) is 1. The normalized spacial score (nSPS) is 12.8. The Morgan fingerprint density at radius 3 is 2.68 bits per heavy atom. The van der Waals surface area contributed by atoms with Crippen molar-refractivity contribution in [1.29, 1.82) is 0 Å². The Morgan fingerprint density at radius 2 is 2.05 bits per heavy atom. The molecule has 0 N–H and O–H groups in total. The van der Waals surface area contributed by atoms with Crippen molar-refractivity contribution >= 4 is 11.3 Å². The number of rotatable bonds is 7. The molecule has 0 bridgehead atoms. The molecule has 1 heterocycles. The molecule has 120 valence electrons. The van der Waals surface area contributed by atoms with Crippen LogP contribution in [0.4, 0.5) is 0 Å². The first-order valence-corrected chi connectivity index (χ1v) is 8.60. The van der Waals surface area contributed by atoms with Gasteiger partial charge >= 0.3 is 0 Å². The fraction of sp³-hybridized carbons (Fsp3) is 0.500. The van der Waals surface area contributed by atoms with Crippen LogP contribution in [0.5, 0.6) is 0 Å². The van der Waals surface area contributed by atoms with Crippen molar-refractivity contribution in [1.82, 2.24) is 9.88 Å². The summed E-state index contributed by atoms with van der Waals surface area (Å²) in [4.78, 5) is 8.42. The summed E-state index contributed by atoms with van der Waals surface area (Å²) >= 11 is 1.84. The van der Waals surface area contributed by atoms with Crippen LogP contribution in [0.1, 0.15) is 46.6 Å². The average Bonchev–Trinajstić information content (AvgIpc) is 2.88. The topological polar surface area (TPSA) is 25.4 Å². The highest BCUT2D eigenvalue weighted by molar-refractivity contribution is 7.11. The molecule has 22 heavy (non-hydrogen) atoms. The Bertz CT molecular complexity index is 609. The van der Waals surface area contributed by atoms with Gasteiger partial charge in [-0.25, -0.2) is 4.98 Å². The molecule has 2 rings (SSSR count). The third-order valence-corrected chi connectivity index (χ3v) is 5.43. The monoisotopic (exact) mass is 318 g/mol. The number of benzene rings is 1. The van der Waals surface area contributed by atoms with Crippen LogP contribution in [0.3, 0.4) is 0 Å². The van der Waals surface area contributed by atoms with Crippen molar-refractivity contribution in [3.05, 3.63) is 51.0 Å². The third-order valence-electron chi connectivity index (χ3n) is 3.95. The minimum absolute atomic E-state index is 0.379. The molecule has 0 saturated carbocycles. The van der Waals surface area contributed by atoms with Crippen molar-refractivity contribution in [2.75, 3.05) is 14.2 Å². The zero-order valence-electron chi connectivity index (χ0n) is 14.2. The van der Waals surface area contributed by atoms with E-state index in [9.17, 15) is 0 Å². The minimum Gasteiger partial charge on any atom is -0.380 e. The van der Waals surface area contributed by atoms with Crippen LogP contribution in [-0.4, -0.2) is 24.0 Å². The van der Waals surface area contributed by atoms with Crippen molar-refractivity contribution in [3.63, 3.8) is 0 Å². The first-order valence-electron chi connectivity index (χ1n) is 7.78. The van der Waals surface area contributed by atoms with Crippen LogP contribution in [0.15, 0.2) is 24.3 Å². The highest BCUT2D eigenvalue weighted by Crippen LogP contribution is 2.29. The number of hydrogen-bond donors (Lipinski definition) is 0. The van der Waals surface area contributed by atoms with Gasteiger partial charge in [0, 0.05) is 24.6 Å². The molecule has 0 amide bonds. The molecule has 0 aliphatic heterocycles. The molecule has 0 saturated heterocycles. The molecular formula is C18H26N2OS. The van der Waals surface area contributed by atoms with Gasteiger partial charge in [-0.05, 0) is 38.4 Å². The minimum atomic E-state index is 0.379. The Balaban J connectivity index is 2.08. The van der Waals surface area contributed by atoms with Gasteiger partial charge in [-0.15, -0.1) is 11.3 Å². The summed E-state index contributed by atoms with van der Waals surface area (Å²) in [7, 11) is 3.91. The number of aromatic nitrogens is 1. The highest BCUT2D eigenvalue weighted by Gasteiger charge is 2.18. The van der Waals surface area contributed by atoms with Gasteiger partial charge in [0.15, 0.2) is 0 Å². The van der Waals surface area contributed by atoms with Gasteiger partial charge in [-0.3, -0.25) is 4.90 Å². The van der Waals surface area contributed by atoms with Gasteiger partial charge in [0.25, 0.3) is 0 Å². The van der Waals surface area contributed by atoms with Crippen LogP contribution >= 0.6 is 11.3 Å². The van der Waals surface area contributed by atoms with E-state index in [1.165, 1.54) is 26.7 Å². The lowest BCUT2D eigenvalue weighted by molar-refractivity contribution is 0.184. The number of methoxy groups -OCH3 is 1. The average molecular weight is 318 g/mol. The van der Waals surface area contributed by atoms with E-state index >= 15 is 0 Å². The van der Waals surface area contributed by atoms with E-state index in [4.69, 9.17) is 4.74 Å². The zero-order chi connectivity index (χ0) is 16.1. The van der Waals surface area contributed by atoms with Crippen molar-refractivity contribution < 1.29 is 4.74 Å². The van der Waals surface area contributed by atoms with Gasteiger partial charge in [0.2, 0.25) is 0 Å². The summed E-state index contributed by atoms with van der Waals surface area (Å²) < 4.78 is 5.22. The highest BCUT2D eigenvalue weighted by atomic mass is 32.1. The largest absolute Gasteiger partial charge is 0.380 e. The van der Waals surface area contributed by atoms with Crippen molar-refractivity contribution in [3.8, 4) is 0 Å². The fourth-order valence-electron chi connectivity index (χ4n) is 2.61. The molecule has 1 aromatic heterocycles. The molecular weight excluding hydrogens is 292 g/mol.